The van der Waals surface area contributed by atoms with Gasteiger partial charge in [-0.1, -0.05) is 27.2 Å². The maximum atomic E-state index is 13.2. The Kier molecular flexibility index (Phi) is 5.35. The Bertz CT molecular complexity index is 640. The van der Waals surface area contributed by atoms with Gasteiger partial charge >= 0.3 is 6.18 Å². The number of hydrogen-bond donors (Lipinski definition) is 0. The third-order valence-electron chi connectivity index (χ3n) is 4.69. The summed E-state index contributed by atoms with van der Waals surface area (Å²) < 4.78 is 39.7. The molecule has 1 aliphatic heterocycles. The summed E-state index contributed by atoms with van der Waals surface area (Å²) >= 11 is 0. The summed E-state index contributed by atoms with van der Waals surface area (Å²) in [6.45, 7) is 8.08. The van der Waals surface area contributed by atoms with Gasteiger partial charge in [0.1, 0.15) is 0 Å². The van der Waals surface area contributed by atoms with Crippen molar-refractivity contribution in [3.63, 3.8) is 0 Å². The highest BCUT2D eigenvalue weighted by atomic mass is 19.4. The lowest BCUT2D eigenvalue weighted by molar-refractivity contribution is -0.137. The zero-order valence-electron chi connectivity index (χ0n) is 14.4. The molecule has 3 nitrogen and oxygen atoms in total. The van der Waals surface area contributed by atoms with Crippen LogP contribution in [0, 0.1) is 11.8 Å². The van der Waals surface area contributed by atoms with Crippen LogP contribution in [-0.4, -0.2) is 24.7 Å². The minimum absolute atomic E-state index is 0.0257. The number of nitrogens with zero attached hydrogens (tertiary/aromatic N) is 2. The van der Waals surface area contributed by atoms with Gasteiger partial charge in [-0.05, 0) is 31.0 Å². The molecule has 1 aliphatic rings. The second-order valence-corrected chi connectivity index (χ2v) is 6.57. The predicted octanol–water partition coefficient (Wildman–Crippen LogP) is 4.81. The molecule has 1 aromatic carbocycles. The van der Waals surface area contributed by atoms with E-state index < -0.39 is 11.7 Å². The van der Waals surface area contributed by atoms with Crippen molar-refractivity contribution in [2.45, 2.75) is 46.3 Å². The third-order valence-corrected chi connectivity index (χ3v) is 4.69. The number of anilines is 1. The summed E-state index contributed by atoms with van der Waals surface area (Å²) in [6, 6.07) is 3.61. The highest BCUT2D eigenvalue weighted by Gasteiger charge is 2.33. The zero-order valence-corrected chi connectivity index (χ0v) is 14.4. The van der Waals surface area contributed by atoms with Crippen LogP contribution in [0.25, 0.3) is 0 Å². The Labute approximate surface area is 140 Å². The minimum Gasteiger partial charge on any atom is -0.331 e. The molecule has 0 aliphatic carbocycles. The monoisotopic (exact) mass is 340 g/mol. The molecule has 3 unspecified atom stereocenters. The number of alkyl halides is 3. The lowest BCUT2D eigenvalue weighted by Crippen LogP contribution is -2.24. The van der Waals surface area contributed by atoms with Gasteiger partial charge in [0.05, 0.1) is 17.9 Å². The lowest BCUT2D eigenvalue weighted by atomic mass is 9.86. The SMILES string of the molecule is CCC(C)C(C)C(=O)c1cc(N2C=NC(C)C2)cc(C(F)(F)F)c1. The van der Waals surface area contributed by atoms with Gasteiger partial charge in [-0.15, -0.1) is 0 Å². The van der Waals surface area contributed by atoms with Crippen LogP contribution in [0.15, 0.2) is 23.2 Å². The Morgan fingerprint density at radius 1 is 1.33 bits per heavy atom. The Hall–Kier alpha value is -1.85. The van der Waals surface area contributed by atoms with E-state index in [0.717, 1.165) is 18.6 Å². The third kappa shape index (κ3) is 3.97. The minimum atomic E-state index is -4.49. The standard InChI is InChI=1S/C18H23F3N2O/c1-5-11(2)13(4)17(24)14-6-15(18(19,20)21)8-16(7-14)23-9-12(3)22-10-23/h6-8,10-13H,5,9H2,1-4H3. The molecule has 0 radical (unpaired) electrons. The summed E-state index contributed by atoms with van der Waals surface area (Å²) in [7, 11) is 0. The van der Waals surface area contributed by atoms with E-state index >= 15 is 0 Å². The van der Waals surface area contributed by atoms with Gasteiger partial charge in [-0.25, -0.2) is 0 Å². The molecule has 1 aromatic rings. The van der Waals surface area contributed by atoms with Crippen molar-refractivity contribution >= 4 is 17.8 Å². The van der Waals surface area contributed by atoms with Crippen molar-refractivity contribution in [2.24, 2.45) is 16.8 Å². The smallest absolute Gasteiger partial charge is 0.331 e. The molecular weight excluding hydrogens is 317 g/mol. The molecule has 24 heavy (non-hydrogen) atoms. The Balaban J connectivity index is 2.44. The first-order valence-electron chi connectivity index (χ1n) is 8.20. The second-order valence-electron chi connectivity index (χ2n) is 6.57. The molecule has 3 atom stereocenters. The molecule has 6 heteroatoms. The molecule has 0 fully saturated rings. The van der Waals surface area contributed by atoms with Gasteiger partial charge in [0, 0.05) is 23.7 Å². The van der Waals surface area contributed by atoms with Crippen LogP contribution in [0.5, 0.6) is 0 Å². The molecule has 1 heterocycles. The number of rotatable bonds is 5. The van der Waals surface area contributed by atoms with Crippen LogP contribution >= 0.6 is 0 Å². The van der Waals surface area contributed by atoms with Crippen LogP contribution in [0.4, 0.5) is 18.9 Å². The van der Waals surface area contributed by atoms with Crippen molar-refractivity contribution < 1.29 is 18.0 Å². The first-order valence-corrected chi connectivity index (χ1v) is 8.20. The van der Waals surface area contributed by atoms with Crippen LogP contribution in [0.2, 0.25) is 0 Å². The fourth-order valence-corrected chi connectivity index (χ4v) is 2.70. The van der Waals surface area contributed by atoms with Crippen molar-refractivity contribution in [2.75, 3.05) is 11.4 Å². The zero-order chi connectivity index (χ0) is 18.1. The van der Waals surface area contributed by atoms with E-state index in [1.54, 1.807) is 17.9 Å². The molecule has 0 saturated heterocycles. The van der Waals surface area contributed by atoms with E-state index in [4.69, 9.17) is 0 Å². The summed E-state index contributed by atoms with van der Waals surface area (Å²) in [5, 5.41) is 0. The highest BCUT2D eigenvalue weighted by Crippen LogP contribution is 2.34. The molecule has 0 bridgehead atoms. The van der Waals surface area contributed by atoms with Crippen molar-refractivity contribution in [3.05, 3.63) is 29.3 Å². The molecule has 0 saturated carbocycles. The average Bonchev–Trinajstić information content (AvgIpc) is 2.98. The topological polar surface area (TPSA) is 32.7 Å². The number of benzene rings is 1. The molecule has 0 aromatic heterocycles. The molecular formula is C18H23F3N2O. The quantitative estimate of drug-likeness (QED) is 0.721. The lowest BCUT2D eigenvalue weighted by Gasteiger charge is -2.21. The van der Waals surface area contributed by atoms with Gasteiger partial charge in [0.15, 0.2) is 5.78 Å². The van der Waals surface area contributed by atoms with Crippen LogP contribution < -0.4 is 4.90 Å². The van der Waals surface area contributed by atoms with E-state index in [1.807, 2.05) is 20.8 Å². The number of hydrogen-bond acceptors (Lipinski definition) is 3. The molecule has 132 valence electrons. The number of halogens is 3. The van der Waals surface area contributed by atoms with Crippen LogP contribution in [0.3, 0.4) is 0 Å². The van der Waals surface area contributed by atoms with Crippen LogP contribution in [-0.2, 0) is 6.18 Å². The van der Waals surface area contributed by atoms with E-state index in [1.165, 1.54) is 6.34 Å². The molecule has 2 rings (SSSR count). The van der Waals surface area contributed by atoms with Crippen molar-refractivity contribution in [1.82, 2.24) is 0 Å². The van der Waals surface area contributed by atoms with Gasteiger partial charge in [-0.2, -0.15) is 13.2 Å². The highest BCUT2D eigenvalue weighted by molar-refractivity contribution is 5.99. The fourth-order valence-electron chi connectivity index (χ4n) is 2.70. The maximum Gasteiger partial charge on any atom is 0.416 e. The van der Waals surface area contributed by atoms with E-state index in [-0.39, 0.29) is 29.2 Å². The summed E-state index contributed by atoms with van der Waals surface area (Å²) in [5.41, 5.74) is -0.328. The van der Waals surface area contributed by atoms with Crippen molar-refractivity contribution in [3.8, 4) is 0 Å². The molecule has 0 amide bonds. The fraction of sp³-hybridized carbons (Fsp3) is 0.556. The number of aliphatic imine (C=N–C) groups is 1. The van der Waals surface area contributed by atoms with Gasteiger partial charge in [0.25, 0.3) is 0 Å². The number of ketones is 1. The van der Waals surface area contributed by atoms with Gasteiger partial charge < -0.3 is 4.90 Å². The van der Waals surface area contributed by atoms with E-state index in [0.29, 0.717) is 12.2 Å². The van der Waals surface area contributed by atoms with Gasteiger partial charge in [-0.3, -0.25) is 9.79 Å². The summed E-state index contributed by atoms with van der Waals surface area (Å²) in [4.78, 5) is 18.5. The van der Waals surface area contributed by atoms with Gasteiger partial charge in [0.2, 0.25) is 0 Å². The van der Waals surface area contributed by atoms with E-state index in [2.05, 4.69) is 4.99 Å². The number of carbonyl (C=O) groups excluding carboxylic acids is 1. The molecule has 0 N–H and O–H groups in total. The van der Waals surface area contributed by atoms with Crippen LogP contribution in [0.1, 0.15) is 50.0 Å². The Morgan fingerprint density at radius 3 is 2.50 bits per heavy atom. The first-order chi connectivity index (χ1) is 11.1. The summed E-state index contributed by atoms with van der Waals surface area (Å²) in [5.74, 6) is -0.456. The molecule has 0 spiro atoms. The van der Waals surface area contributed by atoms with Crippen molar-refractivity contribution in [1.29, 1.82) is 0 Å². The average molecular weight is 340 g/mol. The van der Waals surface area contributed by atoms with E-state index in [9.17, 15) is 18.0 Å². The maximum absolute atomic E-state index is 13.2. The summed E-state index contributed by atoms with van der Waals surface area (Å²) in [6.07, 6.45) is -2.16. The largest absolute Gasteiger partial charge is 0.416 e. The normalized spacial score (nSPS) is 20.3. The Morgan fingerprint density at radius 2 is 2.00 bits per heavy atom. The number of Topliss-reactive ketones (excluding diaryl/α,β-unsaturated/α-hetero) is 1. The first kappa shape index (κ1) is 18.5. The number of carbonyl (C=O) groups is 1. The second kappa shape index (κ2) is 6.95. The predicted molar refractivity (Wildman–Crippen MR) is 89.7 cm³/mol.